The number of rotatable bonds is 4. The molecule has 3 aromatic rings. The summed E-state index contributed by atoms with van der Waals surface area (Å²) in [4.78, 5) is 25.6. The summed E-state index contributed by atoms with van der Waals surface area (Å²) >= 11 is 0. The van der Waals surface area contributed by atoms with Gasteiger partial charge in [0.05, 0.1) is 17.2 Å². The molecule has 138 valence electrons. The van der Waals surface area contributed by atoms with Crippen molar-refractivity contribution in [3.8, 4) is 0 Å². The summed E-state index contributed by atoms with van der Waals surface area (Å²) in [5, 5.41) is 16.7. The third kappa shape index (κ3) is 4.03. The first-order valence-corrected chi connectivity index (χ1v) is 9.11. The maximum atomic E-state index is 12.7. The van der Waals surface area contributed by atoms with Crippen LogP contribution in [0.25, 0.3) is 10.9 Å². The number of anilines is 2. The minimum atomic E-state index is -0.225. The van der Waals surface area contributed by atoms with Gasteiger partial charge in [0.2, 0.25) is 5.95 Å². The number of aliphatic hydroxyl groups excluding tert-OH is 1. The summed E-state index contributed by atoms with van der Waals surface area (Å²) in [6, 6.07) is 9.18. The first kappa shape index (κ1) is 17.4. The van der Waals surface area contributed by atoms with E-state index in [2.05, 4.69) is 25.6 Å². The van der Waals surface area contributed by atoms with Gasteiger partial charge in [-0.15, -0.1) is 0 Å². The van der Waals surface area contributed by atoms with Crippen LogP contribution in [0, 0.1) is 0 Å². The Balaban J connectivity index is 1.58. The molecule has 1 aliphatic rings. The van der Waals surface area contributed by atoms with Gasteiger partial charge >= 0.3 is 0 Å². The normalized spacial score (nSPS) is 19.6. The van der Waals surface area contributed by atoms with E-state index in [9.17, 15) is 9.90 Å². The van der Waals surface area contributed by atoms with Gasteiger partial charge in [0, 0.05) is 35.7 Å². The third-order valence-corrected chi connectivity index (χ3v) is 4.82. The van der Waals surface area contributed by atoms with E-state index in [0.717, 1.165) is 31.1 Å². The SMILES string of the molecule is O=C(Nc1ccncc1)c1cccc2cnc(N[C@H]3CC[C@H](O)CC3)nc12. The number of carbonyl (C=O) groups is 1. The molecule has 1 saturated carbocycles. The molecule has 0 atom stereocenters. The summed E-state index contributed by atoms with van der Waals surface area (Å²) in [5.41, 5.74) is 1.78. The van der Waals surface area contributed by atoms with Crippen molar-refractivity contribution >= 4 is 28.4 Å². The Bertz CT molecular complexity index is 940. The number of nitrogens with zero attached hydrogens (tertiary/aromatic N) is 3. The first-order valence-electron chi connectivity index (χ1n) is 9.11. The Morgan fingerprint density at radius 3 is 2.63 bits per heavy atom. The van der Waals surface area contributed by atoms with Crippen molar-refractivity contribution in [2.24, 2.45) is 0 Å². The van der Waals surface area contributed by atoms with Crippen molar-refractivity contribution in [2.75, 3.05) is 10.6 Å². The highest BCUT2D eigenvalue weighted by atomic mass is 16.3. The van der Waals surface area contributed by atoms with Crippen LogP contribution in [0.15, 0.2) is 48.9 Å². The Labute approximate surface area is 156 Å². The Kier molecular flexibility index (Phi) is 4.93. The van der Waals surface area contributed by atoms with Gasteiger partial charge in [-0.3, -0.25) is 9.78 Å². The number of pyridine rings is 1. The van der Waals surface area contributed by atoms with Crippen molar-refractivity contribution in [2.45, 2.75) is 37.8 Å². The van der Waals surface area contributed by atoms with Gasteiger partial charge in [-0.05, 0) is 43.9 Å². The van der Waals surface area contributed by atoms with E-state index in [1.807, 2.05) is 12.1 Å². The van der Waals surface area contributed by atoms with Crippen molar-refractivity contribution in [1.29, 1.82) is 0 Å². The van der Waals surface area contributed by atoms with Crippen LogP contribution in [0.2, 0.25) is 0 Å². The summed E-state index contributed by atoms with van der Waals surface area (Å²) in [6.45, 7) is 0. The average Bonchev–Trinajstić information content (AvgIpc) is 2.70. The number of amides is 1. The molecule has 2 heterocycles. The van der Waals surface area contributed by atoms with Crippen LogP contribution in [0.5, 0.6) is 0 Å². The predicted molar refractivity (Wildman–Crippen MR) is 104 cm³/mol. The molecule has 0 spiro atoms. The molecule has 1 aliphatic carbocycles. The van der Waals surface area contributed by atoms with Crippen LogP contribution in [-0.2, 0) is 0 Å². The molecular weight excluding hydrogens is 342 g/mol. The minimum absolute atomic E-state index is 0.205. The van der Waals surface area contributed by atoms with Crippen molar-refractivity contribution < 1.29 is 9.90 Å². The van der Waals surface area contributed by atoms with Crippen LogP contribution in [0.4, 0.5) is 11.6 Å². The Morgan fingerprint density at radius 2 is 1.85 bits per heavy atom. The van der Waals surface area contributed by atoms with Gasteiger partial charge in [-0.1, -0.05) is 12.1 Å². The lowest BCUT2D eigenvalue weighted by Crippen LogP contribution is -2.29. The van der Waals surface area contributed by atoms with Gasteiger partial charge < -0.3 is 15.7 Å². The number of para-hydroxylation sites is 1. The minimum Gasteiger partial charge on any atom is -0.393 e. The van der Waals surface area contributed by atoms with Gasteiger partial charge in [-0.2, -0.15) is 0 Å². The molecule has 0 bridgehead atoms. The summed E-state index contributed by atoms with van der Waals surface area (Å²) in [5.74, 6) is 0.283. The molecule has 2 aromatic heterocycles. The van der Waals surface area contributed by atoms with E-state index in [-0.39, 0.29) is 18.1 Å². The van der Waals surface area contributed by atoms with E-state index in [0.29, 0.717) is 22.7 Å². The maximum absolute atomic E-state index is 12.7. The maximum Gasteiger partial charge on any atom is 0.257 e. The van der Waals surface area contributed by atoms with Crippen LogP contribution in [0.3, 0.4) is 0 Å². The van der Waals surface area contributed by atoms with Crippen LogP contribution in [-0.4, -0.2) is 38.1 Å². The molecule has 3 N–H and O–H groups in total. The number of aromatic nitrogens is 3. The quantitative estimate of drug-likeness (QED) is 0.659. The van der Waals surface area contributed by atoms with E-state index < -0.39 is 0 Å². The fraction of sp³-hybridized carbons (Fsp3) is 0.300. The molecule has 4 rings (SSSR count). The smallest absolute Gasteiger partial charge is 0.257 e. The lowest BCUT2D eigenvalue weighted by molar-refractivity contribution is 0.102. The van der Waals surface area contributed by atoms with Gasteiger partial charge in [0.1, 0.15) is 0 Å². The molecule has 1 amide bonds. The van der Waals surface area contributed by atoms with E-state index >= 15 is 0 Å². The number of carbonyl (C=O) groups excluding carboxylic acids is 1. The summed E-state index contributed by atoms with van der Waals surface area (Å²) < 4.78 is 0. The second-order valence-corrected chi connectivity index (χ2v) is 6.78. The highest BCUT2D eigenvalue weighted by Crippen LogP contribution is 2.23. The lowest BCUT2D eigenvalue weighted by atomic mass is 9.93. The molecule has 0 radical (unpaired) electrons. The third-order valence-electron chi connectivity index (χ3n) is 4.82. The van der Waals surface area contributed by atoms with E-state index in [4.69, 9.17) is 0 Å². The zero-order valence-corrected chi connectivity index (χ0v) is 14.8. The number of nitrogens with one attached hydrogen (secondary N) is 2. The monoisotopic (exact) mass is 363 g/mol. The molecule has 0 unspecified atom stereocenters. The van der Waals surface area contributed by atoms with Crippen molar-refractivity contribution in [3.05, 3.63) is 54.5 Å². The fourth-order valence-corrected chi connectivity index (χ4v) is 3.34. The summed E-state index contributed by atoms with van der Waals surface area (Å²) in [6.07, 6.45) is 8.11. The van der Waals surface area contributed by atoms with Crippen LogP contribution >= 0.6 is 0 Å². The molecule has 7 heteroatoms. The van der Waals surface area contributed by atoms with Gasteiger partial charge in [0.25, 0.3) is 5.91 Å². The molecule has 1 fully saturated rings. The van der Waals surface area contributed by atoms with Crippen LogP contribution in [0.1, 0.15) is 36.0 Å². The highest BCUT2D eigenvalue weighted by molar-refractivity contribution is 6.11. The standard InChI is InChI=1S/C20H21N5O2/c26-16-6-4-14(5-7-16)24-20-22-12-13-2-1-3-17(18(13)25-20)19(27)23-15-8-10-21-11-9-15/h1-3,8-12,14,16,26H,4-7H2,(H,21,23,27)(H,22,24,25)/t14-,16-. The summed E-state index contributed by atoms with van der Waals surface area (Å²) in [7, 11) is 0. The van der Waals surface area contributed by atoms with Gasteiger partial charge in [0.15, 0.2) is 0 Å². The first-order chi connectivity index (χ1) is 13.2. The number of aliphatic hydroxyl groups is 1. The van der Waals surface area contributed by atoms with Crippen LogP contribution < -0.4 is 10.6 Å². The number of benzene rings is 1. The highest BCUT2D eigenvalue weighted by Gasteiger charge is 2.20. The van der Waals surface area contributed by atoms with Crippen molar-refractivity contribution in [1.82, 2.24) is 15.0 Å². The fourth-order valence-electron chi connectivity index (χ4n) is 3.34. The van der Waals surface area contributed by atoms with Crippen molar-refractivity contribution in [3.63, 3.8) is 0 Å². The second kappa shape index (κ2) is 7.67. The average molecular weight is 363 g/mol. The number of hydrogen-bond donors (Lipinski definition) is 3. The molecular formula is C20H21N5O2. The molecule has 7 nitrogen and oxygen atoms in total. The topological polar surface area (TPSA) is 100 Å². The van der Waals surface area contributed by atoms with E-state index in [1.165, 1.54) is 0 Å². The zero-order chi connectivity index (χ0) is 18.6. The molecule has 1 aromatic carbocycles. The Hall–Kier alpha value is -3.06. The largest absolute Gasteiger partial charge is 0.393 e. The predicted octanol–water partition coefficient (Wildman–Crippen LogP) is 2.99. The molecule has 0 saturated heterocycles. The Morgan fingerprint density at radius 1 is 1.07 bits per heavy atom. The van der Waals surface area contributed by atoms with E-state index in [1.54, 1.807) is 36.8 Å². The lowest BCUT2D eigenvalue weighted by Gasteiger charge is -2.26. The van der Waals surface area contributed by atoms with Gasteiger partial charge in [-0.25, -0.2) is 9.97 Å². The second-order valence-electron chi connectivity index (χ2n) is 6.78. The number of fused-ring (bicyclic) bond motifs is 1. The molecule has 0 aliphatic heterocycles. The number of hydrogen-bond acceptors (Lipinski definition) is 6. The molecule has 27 heavy (non-hydrogen) atoms. The zero-order valence-electron chi connectivity index (χ0n) is 14.8.